The van der Waals surface area contributed by atoms with Crippen LogP contribution in [0.5, 0.6) is 0 Å². The van der Waals surface area contributed by atoms with E-state index >= 15 is 0 Å². The summed E-state index contributed by atoms with van der Waals surface area (Å²) in [5.74, 6) is -0.413. The maximum atomic E-state index is 11.2. The largest absolute Gasteiger partial charge is 0.367 e. The third-order valence-corrected chi connectivity index (χ3v) is 3.07. The van der Waals surface area contributed by atoms with Gasteiger partial charge in [-0.05, 0) is 19.4 Å². The van der Waals surface area contributed by atoms with Crippen LogP contribution in [0.4, 0.5) is 0 Å². The Labute approximate surface area is 82.9 Å². The first-order chi connectivity index (χ1) is 6.51. The van der Waals surface area contributed by atoms with Crippen LogP contribution in [0.25, 0.3) is 0 Å². The van der Waals surface area contributed by atoms with E-state index in [4.69, 9.17) is 10.5 Å². The molecule has 1 fully saturated rings. The van der Waals surface area contributed by atoms with E-state index in [1.807, 2.05) is 37.3 Å². The monoisotopic (exact) mass is 191 g/mol. The molecule has 0 aliphatic carbocycles. The molecular weight excluding hydrogens is 178 g/mol. The summed E-state index contributed by atoms with van der Waals surface area (Å²) < 4.78 is 5.46. The van der Waals surface area contributed by atoms with Crippen molar-refractivity contribution in [2.45, 2.75) is 25.0 Å². The molecule has 0 radical (unpaired) electrons. The second kappa shape index (κ2) is 2.58. The Morgan fingerprint density at radius 3 is 2.29 bits per heavy atom. The van der Waals surface area contributed by atoms with Crippen molar-refractivity contribution in [2.75, 3.05) is 0 Å². The number of nitrogens with two attached hydrogens (primary N) is 1. The topological polar surface area (TPSA) is 55.6 Å². The molecule has 0 saturated carbocycles. The van der Waals surface area contributed by atoms with Gasteiger partial charge in [0.05, 0.1) is 0 Å². The van der Waals surface area contributed by atoms with E-state index in [9.17, 15) is 4.79 Å². The van der Waals surface area contributed by atoms with Crippen LogP contribution in [-0.2, 0) is 15.1 Å². The van der Waals surface area contributed by atoms with Gasteiger partial charge in [0.15, 0.2) is 5.60 Å². The lowest BCUT2D eigenvalue weighted by Gasteiger charge is -2.09. The molecule has 1 aliphatic heterocycles. The number of carbonyl (C=O) groups is 1. The molecule has 1 saturated heterocycles. The summed E-state index contributed by atoms with van der Waals surface area (Å²) in [7, 11) is 0. The third-order valence-electron chi connectivity index (χ3n) is 3.07. The highest BCUT2D eigenvalue weighted by atomic mass is 16.6. The summed E-state index contributed by atoms with van der Waals surface area (Å²) >= 11 is 0. The molecule has 0 unspecified atom stereocenters. The second-order valence-corrected chi connectivity index (χ2v) is 3.90. The quantitative estimate of drug-likeness (QED) is 0.713. The number of epoxide rings is 1. The van der Waals surface area contributed by atoms with Crippen LogP contribution >= 0.6 is 0 Å². The van der Waals surface area contributed by atoms with Crippen LogP contribution in [0, 0.1) is 0 Å². The Morgan fingerprint density at radius 1 is 1.29 bits per heavy atom. The highest BCUT2D eigenvalue weighted by Gasteiger charge is 2.68. The number of ether oxygens (including phenoxy) is 1. The fourth-order valence-electron chi connectivity index (χ4n) is 1.76. The van der Waals surface area contributed by atoms with E-state index in [0.29, 0.717) is 0 Å². The first-order valence-corrected chi connectivity index (χ1v) is 4.56. The van der Waals surface area contributed by atoms with E-state index in [1.165, 1.54) is 0 Å². The Morgan fingerprint density at radius 2 is 1.86 bits per heavy atom. The first-order valence-electron chi connectivity index (χ1n) is 4.56. The van der Waals surface area contributed by atoms with Crippen LogP contribution in [0.15, 0.2) is 30.3 Å². The molecule has 1 aromatic carbocycles. The summed E-state index contributed by atoms with van der Waals surface area (Å²) in [5.41, 5.74) is 4.86. The number of benzene rings is 1. The van der Waals surface area contributed by atoms with Crippen molar-refractivity contribution in [1.29, 1.82) is 0 Å². The lowest BCUT2D eigenvalue weighted by molar-refractivity contribution is -0.122. The molecule has 0 bridgehead atoms. The van der Waals surface area contributed by atoms with Gasteiger partial charge in [-0.25, -0.2) is 0 Å². The van der Waals surface area contributed by atoms with Gasteiger partial charge in [-0.1, -0.05) is 30.3 Å². The molecule has 74 valence electrons. The lowest BCUT2D eigenvalue weighted by atomic mass is 9.88. The number of carbonyl (C=O) groups excluding carboxylic acids is 1. The maximum absolute atomic E-state index is 11.2. The number of amides is 1. The Hall–Kier alpha value is -1.35. The predicted molar refractivity (Wildman–Crippen MR) is 52.5 cm³/mol. The van der Waals surface area contributed by atoms with Gasteiger partial charge < -0.3 is 10.5 Å². The minimum Gasteiger partial charge on any atom is -0.367 e. The minimum atomic E-state index is -0.853. The summed E-state index contributed by atoms with van der Waals surface area (Å²) in [6.45, 7) is 3.61. The van der Waals surface area contributed by atoms with Crippen LogP contribution in [0.3, 0.4) is 0 Å². The van der Waals surface area contributed by atoms with Gasteiger partial charge in [-0.2, -0.15) is 0 Å². The summed E-state index contributed by atoms with van der Waals surface area (Å²) in [6, 6.07) is 9.65. The number of hydrogen-bond acceptors (Lipinski definition) is 2. The zero-order valence-corrected chi connectivity index (χ0v) is 8.28. The van der Waals surface area contributed by atoms with Crippen LogP contribution in [0.1, 0.15) is 19.4 Å². The second-order valence-electron chi connectivity index (χ2n) is 3.90. The van der Waals surface area contributed by atoms with E-state index in [-0.39, 0.29) is 0 Å². The number of primary amides is 1. The highest BCUT2D eigenvalue weighted by molar-refractivity contribution is 5.88. The molecule has 1 amide bonds. The van der Waals surface area contributed by atoms with Crippen LogP contribution in [0.2, 0.25) is 0 Å². The van der Waals surface area contributed by atoms with Crippen LogP contribution < -0.4 is 5.73 Å². The molecule has 2 rings (SSSR count). The van der Waals surface area contributed by atoms with Gasteiger partial charge in [0, 0.05) is 0 Å². The van der Waals surface area contributed by atoms with Crippen molar-refractivity contribution in [2.24, 2.45) is 5.73 Å². The van der Waals surface area contributed by atoms with Crippen molar-refractivity contribution in [3.8, 4) is 0 Å². The smallest absolute Gasteiger partial charge is 0.252 e. The number of rotatable bonds is 2. The summed E-state index contributed by atoms with van der Waals surface area (Å²) in [4.78, 5) is 11.2. The zero-order valence-electron chi connectivity index (χ0n) is 8.28. The fraction of sp³-hybridized carbons (Fsp3) is 0.364. The molecule has 14 heavy (non-hydrogen) atoms. The van der Waals surface area contributed by atoms with E-state index in [1.54, 1.807) is 6.92 Å². The van der Waals surface area contributed by atoms with Gasteiger partial charge in [0.1, 0.15) is 5.60 Å². The lowest BCUT2D eigenvalue weighted by Crippen LogP contribution is -2.34. The van der Waals surface area contributed by atoms with Gasteiger partial charge in [0.2, 0.25) is 0 Å². The zero-order chi connectivity index (χ0) is 10.4. The van der Waals surface area contributed by atoms with E-state index in [0.717, 1.165) is 5.56 Å². The predicted octanol–water partition coefficient (Wildman–Crippen LogP) is 1.18. The normalized spacial score (nSPS) is 35.3. The fourth-order valence-corrected chi connectivity index (χ4v) is 1.76. The van der Waals surface area contributed by atoms with Crippen LogP contribution in [-0.4, -0.2) is 11.5 Å². The standard InChI is InChI=1S/C11H13NO2/c1-10(8-6-4-3-5-7-8)11(2,14-10)9(12)13/h3-7H,1-2H3,(H2,12,13)/t10-,11+/m0/s1. The molecule has 3 nitrogen and oxygen atoms in total. The van der Waals surface area contributed by atoms with Crippen molar-refractivity contribution in [1.82, 2.24) is 0 Å². The molecule has 0 spiro atoms. The van der Waals surface area contributed by atoms with E-state index < -0.39 is 17.1 Å². The average Bonchev–Trinajstić information content (AvgIpc) is 2.74. The number of hydrogen-bond donors (Lipinski definition) is 1. The van der Waals surface area contributed by atoms with Crippen molar-refractivity contribution in [3.63, 3.8) is 0 Å². The molecular formula is C11H13NO2. The Bertz CT molecular complexity index is 376. The molecule has 1 heterocycles. The van der Waals surface area contributed by atoms with Crippen molar-refractivity contribution >= 4 is 5.91 Å². The Kier molecular flexibility index (Phi) is 1.70. The SMILES string of the molecule is C[C@@]1(c2ccccc2)O[C@]1(C)C(N)=O. The molecule has 0 aromatic heterocycles. The van der Waals surface area contributed by atoms with Gasteiger partial charge in [-0.3, -0.25) is 4.79 Å². The highest BCUT2D eigenvalue weighted by Crippen LogP contribution is 2.54. The average molecular weight is 191 g/mol. The molecule has 2 atom stereocenters. The summed E-state index contributed by atoms with van der Waals surface area (Å²) in [5, 5.41) is 0. The molecule has 2 N–H and O–H groups in total. The van der Waals surface area contributed by atoms with Crippen molar-refractivity contribution in [3.05, 3.63) is 35.9 Å². The van der Waals surface area contributed by atoms with Crippen molar-refractivity contribution < 1.29 is 9.53 Å². The van der Waals surface area contributed by atoms with E-state index in [2.05, 4.69) is 0 Å². The Balaban J connectivity index is 2.36. The van der Waals surface area contributed by atoms with Gasteiger partial charge in [-0.15, -0.1) is 0 Å². The maximum Gasteiger partial charge on any atom is 0.252 e. The van der Waals surface area contributed by atoms with Gasteiger partial charge in [0.25, 0.3) is 5.91 Å². The van der Waals surface area contributed by atoms with Gasteiger partial charge >= 0.3 is 0 Å². The third kappa shape index (κ3) is 0.990. The molecule has 1 aromatic rings. The molecule has 1 aliphatic rings. The minimum absolute atomic E-state index is 0.413. The first kappa shape index (κ1) is 9.21. The molecule has 3 heteroatoms. The summed E-state index contributed by atoms with van der Waals surface area (Å²) in [6.07, 6.45) is 0.